The second-order valence-electron chi connectivity index (χ2n) is 9.46. The highest BCUT2D eigenvalue weighted by Gasteiger charge is 2.31. The first-order chi connectivity index (χ1) is 16.8. The molecule has 2 unspecified atom stereocenters. The number of benzene rings is 2. The van der Waals surface area contributed by atoms with Crippen molar-refractivity contribution in [2.45, 2.75) is 57.3 Å². The Morgan fingerprint density at radius 1 is 1.00 bits per heavy atom. The largest absolute Gasteiger partial charge is 0.481 e. The molecule has 0 bridgehead atoms. The molecule has 0 aromatic heterocycles. The fraction of sp³-hybridized carbons (Fsp3) is 0.444. The summed E-state index contributed by atoms with van der Waals surface area (Å²) < 4.78 is 11.2. The van der Waals surface area contributed by atoms with Gasteiger partial charge in [0.25, 0.3) is 0 Å². The molecule has 1 heterocycles. The quantitative estimate of drug-likeness (QED) is 0.531. The van der Waals surface area contributed by atoms with Crippen molar-refractivity contribution in [3.8, 4) is 11.1 Å². The molecule has 1 aliphatic heterocycles. The topological polar surface area (TPSA) is 114 Å². The second kappa shape index (κ2) is 10.9. The Morgan fingerprint density at radius 2 is 1.57 bits per heavy atom. The Labute approximate surface area is 205 Å². The molecule has 8 nitrogen and oxygen atoms in total. The highest BCUT2D eigenvalue weighted by atomic mass is 16.5. The Bertz CT molecular complexity index is 1030. The van der Waals surface area contributed by atoms with Gasteiger partial charge in [-0.15, -0.1) is 0 Å². The van der Waals surface area contributed by atoms with Crippen LogP contribution in [-0.2, 0) is 19.1 Å². The number of nitrogens with one attached hydrogen (secondary N) is 2. The van der Waals surface area contributed by atoms with Crippen LogP contribution >= 0.6 is 0 Å². The molecule has 1 saturated heterocycles. The van der Waals surface area contributed by atoms with Crippen molar-refractivity contribution < 1.29 is 29.0 Å². The normalized spacial score (nSPS) is 21.9. The van der Waals surface area contributed by atoms with Gasteiger partial charge in [-0.2, -0.15) is 0 Å². The van der Waals surface area contributed by atoms with Crippen LogP contribution in [0.4, 0.5) is 4.79 Å². The highest BCUT2D eigenvalue weighted by Crippen LogP contribution is 2.44. The number of fused-ring (bicyclic) bond motifs is 3. The van der Waals surface area contributed by atoms with Crippen LogP contribution in [0.2, 0.25) is 0 Å². The van der Waals surface area contributed by atoms with Gasteiger partial charge in [0, 0.05) is 12.5 Å². The van der Waals surface area contributed by atoms with Crippen LogP contribution < -0.4 is 10.6 Å². The maximum absolute atomic E-state index is 12.7. The molecule has 2 aromatic rings. The number of carboxylic acid groups (broad SMARTS) is 1. The number of hydrogen-bond acceptors (Lipinski definition) is 5. The number of carbonyl (C=O) groups is 3. The third kappa shape index (κ3) is 6.00. The predicted molar refractivity (Wildman–Crippen MR) is 130 cm³/mol. The lowest BCUT2D eigenvalue weighted by molar-refractivity contribution is -0.139. The first-order valence-corrected chi connectivity index (χ1v) is 12.1. The van der Waals surface area contributed by atoms with Crippen LogP contribution in [0.15, 0.2) is 48.5 Å². The summed E-state index contributed by atoms with van der Waals surface area (Å²) in [5.41, 5.74) is 4.36. The maximum atomic E-state index is 12.7. The van der Waals surface area contributed by atoms with Gasteiger partial charge in [0.05, 0.1) is 18.6 Å². The molecular weight excluding hydrogens is 448 g/mol. The van der Waals surface area contributed by atoms with Crippen LogP contribution in [0.5, 0.6) is 0 Å². The second-order valence-corrected chi connectivity index (χ2v) is 9.46. The number of hydrogen-bond donors (Lipinski definition) is 3. The minimum atomic E-state index is -1.22. The van der Waals surface area contributed by atoms with Crippen LogP contribution in [-0.4, -0.2) is 54.5 Å². The Hall–Kier alpha value is -3.39. The lowest BCUT2D eigenvalue weighted by Gasteiger charge is -2.32. The van der Waals surface area contributed by atoms with E-state index in [0.717, 1.165) is 35.1 Å². The molecule has 2 aromatic carbocycles. The summed E-state index contributed by atoms with van der Waals surface area (Å²) in [6, 6.07) is 14.7. The summed E-state index contributed by atoms with van der Waals surface area (Å²) in [4.78, 5) is 36.7. The third-order valence-corrected chi connectivity index (χ3v) is 6.69. The zero-order valence-electron chi connectivity index (χ0n) is 20.0. The van der Waals surface area contributed by atoms with E-state index < -0.39 is 30.4 Å². The molecule has 2 aliphatic rings. The van der Waals surface area contributed by atoms with E-state index in [0.29, 0.717) is 6.54 Å². The van der Waals surface area contributed by atoms with Gasteiger partial charge in [-0.1, -0.05) is 48.5 Å². The molecule has 1 fully saturated rings. The van der Waals surface area contributed by atoms with E-state index in [-0.39, 0.29) is 30.7 Å². The van der Waals surface area contributed by atoms with Crippen LogP contribution in [0.3, 0.4) is 0 Å². The van der Waals surface area contributed by atoms with Crippen molar-refractivity contribution in [1.82, 2.24) is 10.6 Å². The molecule has 186 valence electrons. The number of alkyl carbamates (subject to hydrolysis) is 1. The smallest absolute Gasteiger partial charge is 0.407 e. The summed E-state index contributed by atoms with van der Waals surface area (Å²) in [6.45, 7) is 4.48. The average Bonchev–Trinajstić information content (AvgIpc) is 3.13. The van der Waals surface area contributed by atoms with E-state index in [1.54, 1.807) is 0 Å². The molecule has 2 amide bonds. The molecule has 0 radical (unpaired) electrons. The van der Waals surface area contributed by atoms with E-state index in [1.807, 2.05) is 62.4 Å². The third-order valence-electron chi connectivity index (χ3n) is 6.69. The molecule has 0 spiro atoms. The van der Waals surface area contributed by atoms with E-state index in [9.17, 15) is 19.5 Å². The number of rotatable bonds is 8. The van der Waals surface area contributed by atoms with Crippen LogP contribution in [0, 0.1) is 5.92 Å². The fourth-order valence-corrected chi connectivity index (χ4v) is 5.24. The summed E-state index contributed by atoms with van der Waals surface area (Å²) in [5.74, 6) is -1.61. The zero-order valence-corrected chi connectivity index (χ0v) is 20.0. The van der Waals surface area contributed by atoms with Crippen molar-refractivity contribution >= 4 is 18.0 Å². The maximum Gasteiger partial charge on any atom is 0.407 e. The number of carbonyl (C=O) groups excluding carboxylic acids is 2. The van der Waals surface area contributed by atoms with Gasteiger partial charge in [-0.25, -0.2) is 4.79 Å². The summed E-state index contributed by atoms with van der Waals surface area (Å²) >= 11 is 0. The van der Waals surface area contributed by atoms with Crippen molar-refractivity contribution in [1.29, 1.82) is 0 Å². The van der Waals surface area contributed by atoms with Crippen molar-refractivity contribution in [3.63, 3.8) is 0 Å². The number of ether oxygens (including phenoxy) is 2. The number of aliphatic carboxylic acids is 1. The Morgan fingerprint density at radius 3 is 2.14 bits per heavy atom. The molecule has 1 aliphatic carbocycles. The number of amides is 2. The van der Waals surface area contributed by atoms with E-state index in [2.05, 4.69) is 10.6 Å². The van der Waals surface area contributed by atoms with Gasteiger partial charge in [-0.3, -0.25) is 9.59 Å². The monoisotopic (exact) mass is 480 g/mol. The van der Waals surface area contributed by atoms with Crippen molar-refractivity contribution in [2.75, 3.05) is 13.2 Å². The Kier molecular flexibility index (Phi) is 7.70. The average molecular weight is 481 g/mol. The van der Waals surface area contributed by atoms with Crippen molar-refractivity contribution in [3.05, 3.63) is 59.7 Å². The minimum Gasteiger partial charge on any atom is -0.481 e. The van der Waals surface area contributed by atoms with Gasteiger partial charge in [0.15, 0.2) is 0 Å². The molecular formula is C27H32N2O6. The van der Waals surface area contributed by atoms with E-state index in [1.165, 1.54) is 0 Å². The fourth-order valence-electron chi connectivity index (χ4n) is 5.24. The van der Waals surface area contributed by atoms with Gasteiger partial charge in [0.2, 0.25) is 5.91 Å². The lowest BCUT2D eigenvalue weighted by Crippen LogP contribution is -2.49. The summed E-state index contributed by atoms with van der Waals surface area (Å²) in [7, 11) is 0. The molecule has 4 rings (SSSR count). The van der Waals surface area contributed by atoms with Gasteiger partial charge < -0.3 is 25.2 Å². The van der Waals surface area contributed by atoms with Crippen LogP contribution in [0.25, 0.3) is 11.1 Å². The van der Waals surface area contributed by atoms with E-state index in [4.69, 9.17) is 9.47 Å². The first-order valence-electron chi connectivity index (χ1n) is 12.1. The highest BCUT2D eigenvalue weighted by molar-refractivity contribution is 5.89. The van der Waals surface area contributed by atoms with Crippen LogP contribution in [0.1, 0.15) is 50.2 Å². The SMILES string of the molecule is C[C@@H]1CC(CNC(=O)C(CC(=O)O)NC(=O)OCC2c3ccccc3-c3ccccc32)C[C@H](C)O1. The number of carboxylic acids is 1. The summed E-state index contributed by atoms with van der Waals surface area (Å²) in [6.07, 6.45) is 0.490. The Balaban J connectivity index is 1.35. The molecule has 0 saturated carbocycles. The van der Waals surface area contributed by atoms with Crippen molar-refractivity contribution in [2.24, 2.45) is 5.92 Å². The standard InChI is InChI=1S/C27H32N2O6/c1-16-11-18(12-17(2)35-16)14-28-26(32)24(13-25(30)31)29-27(33)34-15-23-21-9-5-3-7-19(21)20-8-4-6-10-22(20)23/h3-10,16-18,23-24H,11-15H2,1-2H3,(H,28,32)(H,29,33)(H,30,31)/t16-,17+,18?,24?. The predicted octanol–water partition coefficient (Wildman–Crippen LogP) is 3.69. The first kappa shape index (κ1) is 24.7. The zero-order chi connectivity index (χ0) is 24.9. The molecule has 4 atom stereocenters. The van der Waals surface area contributed by atoms with Gasteiger partial charge >= 0.3 is 12.1 Å². The lowest BCUT2D eigenvalue weighted by atomic mass is 9.92. The van der Waals surface area contributed by atoms with Gasteiger partial charge in [0.1, 0.15) is 12.6 Å². The molecule has 8 heteroatoms. The summed E-state index contributed by atoms with van der Waals surface area (Å²) in [5, 5.41) is 14.5. The van der Waals surface area contributed by atoms with E-state index >= 15 is 0 Å². The van der Waals surface area contributed by atoms with Gasteiger partial charge in [-0.05, 0) is 54.9 Å². The minimum absolute atomic E-state index is 0.0825. The molecule has 3 N–H and O–H groups in total. The molecule has 35 heavy (non-hydrogen) atoms.